The van der Waals surface area contributed by atoms with Crippen LogP contribution < -0.4 is 20.7 Å². The van der Waals surface area contributed by atoms with Crippen LogP contribution in [0.5, 0.6) is 11.8 Å². The summed E-state index contributed by atoms with van der Waals surface area (Å²) in [4.78, 5) is 16.0. The van der Waals surface area contributed by atoms with E-state index in [1.54, 1.807) is 25.5 Å². The average Bonchev–Trinajstić information content (AvgIpc) is 3.35. The highest BCUT2D eigenvalue weighted by Crippen LogP contribution is 2.54. The summed E-state index contributed by atoms with van der Waals surface area (Å²) in [5, 5.41) is 3.12. The van der Waals surface area contributed by atoms with Gasteiger partial charge in [-0.25, -0.2) is 4.39 Å². The van der Waals surface area contributed by atoms with Crippen molar-refractivity contribution in [3.05, 3.63) is 53.2 Å². The van der Waals surface area contributed by atoms with Gasteiger partial charge in [-0.1, -0.05) is 0 Å². The van der Waals surface area contributed by atoms with E-state index in [2.05, 4.69) is 15.2 Å². The fourth-order valence-corrected chi connectivity index (χ4v) is 5.12. The summed E-state index contributed by atoms with van der Waals surface area (Å²) in [6.45, 7) is 3.53. The van der Waals surface area contributed by atoms with Crippen LogP contribution in [0.3, 0.4) is 0 Å². The Bertz CT molecular complexity index is 1240. The molecule has 3 aromatic rings. The van der Waals surface area contributed by atoms with Gasteiger partial charge in [-0.15, -0.1) is 0 Å². The maximum atomic E-state index is 14.5. The molecule has 32 heavy (non-hydrogen) atoms. The molecule has 1 unspecified atom stereocenters. The van der Waals surface area contributed by atoms with Crippen molar-refractivity contribution in [1.82, 2.24) is 15.0 Å². The Kier molecular flexibility index (Phi) is 4.17. The van der Waals surface area contributed by atoms with Gasteiger partial charge in [0.1, 0.15) is 17.4 Å². The molecule has 3 heterocycles. The molecule has 6 rings (SSSR count). The van der Waals surface area contributed by atoms with Gasteiger partial charge in [0.05, 0.1) is 11.9 Å². The number of hydrogen-bond acceptors (Lipinski definition) is 7. The molecule has 2 aliphatic carbocycles. The molecular weight excluding hydrogens is 407 g/mol. The number of nitrogens with one attached hydrogen (secondary N) is 1. The molecule has 1 aliphatic heterocycles. The Morgan fingerprint density at radius 2 is 2.06 bits per heavy atom. The number of hydrogen-bond donors (Lipinski definition) is 2. The van der Waals surface area contributed by atoms with Crippen molar-refractivity contribution in [3.8, 4) is 22.9 Å². The molecular formula is C24H25FN6O. The minimum atomic E-state index is -0.283. The highest BCUT2D eigenvalue weighted by atomic mass is 19.1. The van der Waals surface area contributed by atoms with E-state index >= 15 is 0 Å². The highest BCUT2D eigenvalue weighted by molar-refractivity contribution is 5.88. The van der Waals surface area contributed by atoms with Crippen LogP contribution in [-0.2, 0) is 6.42 Å². The first kappa shape index (κ1) is 19.4. The monoisotopic (exact) mass is 432 g/mol. The van der Waals surface area contributed by atoms with Gasteiger partial charge in [0, 0.05) is 55.5 Å². The van der Waals surface area contributed by atoms with E-state index in [9.17, 15) is 4.39 Å². The molecule has 0 bridgehead atoms. The van der Waals surface area contributed by atoms with Crippen LogP contribution in [-0.4, -0.2) is 41.1 Å². The van der Waals surface area contributed by atoms with Crippen LogP contribution in [0.25, 0.3) is 11.1 Å². The molecule has 0 radical (unpaired) electrons. The second kappa shape index (κ2) is 6.87. The highest BCUT2D eigenvalue weighted by Gasteiger charge is 2.54. The van der Waals surface area contributed by atoms with Gasteiger partial charge in [0.15, 0.2) is 0 Å². The van der Waals surface area contributed by atoms with Crippen molar-refractivity contribution >= 4 is 11.5 Å². The zero-order valence-corrected chi connectivity index (χ0v) is 18.2. The van der Waals surface area contributed by atoms with E-state index in [0.29, 0.717) is 12.2 Å². The number of benzene rings is 1. The topological polar surface area (TPSA) is 89.2 Å². The smallest absolute Gasteiger partial charge is 0.324 e. The SMILES string of the molecule is CNc1cc(F)cc2c1Cc1nc(Oc3cncc(C)c3)nc(N3CC(N)C4(CC4)C3)c1-2. The van der Waals surface area contributed by atoms with E-state index in [-0.39, 0.29) is 23.3 Å². The molecule has 8 heteroatoms. The lowest BCUT2D eigenvalue weighted by molar-refractivity contribution is 0.438. The zero-order chi connectivity index (χ0) is 22.0. The van der Waals surface area contributed by atoms with Crippen molar-refractivity contribution in [2.24, 2.45) is 11.1 Å². The van der Waals surface area contributed by atoms with Crippen LogP contribution in [0.15, 0.2) is 30.6 Å². The predicted molar refractivity (Wildman–Crippen MR) is 121 cm³/mol. The predicted octanol–water partition coefficient (Wildman–Crippen LogP) is 3.65. The molecule has 164 valence electrons. The second-order valence-electron chi connectivity index (χ2n) is 9.21. The number of nitrogens with two attached hydrogens (primary N) is 1. The van der Waals surface area contributed by atoms with Gasteiger partial charge in [0.2, 0.25) is 0 Å². The van der Waals surface area contributed by atoms with Crippen molar-refractivity contribution in [3.63, 3.8) is 0 Å². The number of ether oxygens (including phenoxy) is 1. The quantitative estimate of drug-likeness (QED) is 0.509. The first-order valence-electron chi connectivity index (χ1n) is 11.0. The van der Waals surface area contributed by atoms with Crippen molar-refractivity contribution in [1.29, 1.82) is 0 Å². The third kappa shape index (κ3) is 3.01. The van der Waals surface area contributed by atoms with E-state index in [4.69, 9.17) is 20.4 Å². The summed E-state index contributed by atoms with van der Waals surface area (Å²) in [5.41, 5.74) is 12.0. The van der Waals surface area contributed by atoms with E-state index in [1.165, 1.54) is 6.07 Å². The van der Waals surface area contributed by atoms with Crippen LogP contribution in [0.1, 0.15) is 29.7 Å². The molecule has 7 nitrogen and oxygen atoms in total. The Labute approximate surface area is 185 Å². The fraction of sp³-hybridized carbons (Fsp3) is 0.375. The van der Waals surface area contributed by atoms with Gasteiger partial charge in [-0.05, 0) is 54.7 Å². The van der Waals surface area contributed by atoms with Crippen molar-refractivity contribution in [2.45, 2.75) is 32.2 Å². The Morgan fingerprint density at radius 3 is 2.78 bits per heavy atom. The van der Waals surface area contributed by atoms with Crippen LogP contribution in [0, 0.1) is 18.2 Å². The minimum Gasteiger partial charge on any atom is -0.423 e. The molecule has 1 spiro atoms. The molecule has 3 aliphatic rings. The molecule has 2 fully saturated rings. The maximum absolute atomic E-state index is 14.5. The number of fused-ring (bicyclic) bond motifs is 3. The van der Waals surface area contributed by atoms with Gasteiger partial charge < -0.3 is 20.7 Å². The number of halogens is 1. The zero-order valence-electron chi connectivity index (χ0n) is 18.2. The number of aryl methyl sites for hydroxylation is 1. The standard InChI is InChI=1S/C24H25FN6O/c1-13-5-15(10-28-9-13)32-23-29-19-8-16-17(6-14(25)7-18(16)27-2)21(19)22(30-23)31-11-20(26)24(12-31)3-4-24/h5-7,9-10,20,27H,3-4,8,11-12,26H2,1-2H3. The lowest BCUT2D eigenvalue weighted by Crippen LogP contribution is -2.30. The van der Waals surface area contributed by atoms with Gasteiger partial charge in [0.25, 0.3) is 0 Å². The summed E-state index contributed by atoms with van der Waals surface area (Å²) in [6, 6.07) is 5.40. The lowest BCUT2D eigenvalue weighted by atomic mass is 10.0. The second-order valence-corrected chi connectivity index (χ2v) is 9.21. The average molecular weight is 433 g/mol. The number of pyridine rings is 1. The lowest BCUT2D eigenvalue weighted by Gasteiger charge is -2.21. The summed E-state index contributed by atoms with van der Waals surface area (Å²) in [5.74, 6) is 1.08. The first-order valence-corrected chi connectivity index (χ1v) is 11.0. The van der Waals surface area contributed by atoms with Crippen LogP contribution in [0.2, 0.25) is 0 Å². The normalized spacial score (nSPS) is 19.8. The van der Waals surface area contributed by atoms with E-state index in [0.717, 1.165) is 65.4 Å². The van der Waals surface area contributed by atoms with Crippen LogP contribution in [0.4, 0.5) is 15.9 Å². The van der Waals surface area contributed by atoms with Gasteiger partial charge in [-0.2, -0.15) is 9.97 Å². The Balaban J connectivity index is 1.48. The van der Waals surface area contributed by atoms with Crippen LogP contribution >= 0.6 is 0 Å². The Hall–Kier alpha value is -3.26. The largest absolute Gasteiger partial charge is 0.423 e. The molecule has 1 saturated carbocycles. The van der Waals surface area contributed by atoms with Gasteiger partial charge in [-0.3, -0.25) is 4.98 Å². The fourth-order valence-electron chi connectivity index (χ4n) is 5.12. The molecule has 0 amide bonds. The first-order chi connectivity index (χ1) is 15.5. The summed E-state index contributed by atoms with van der Waals surface area (Å²) in [6.07, 6.45) is 6.30. The molecule has 1 atom stereocenters. The molecule has 2 aromatic heterocycles. The third-order valence-corrected chi connectivity index (χ3v) is 7.00. The summed E-state index contributed by atoms with van der Waals surface area (Å²) >= 11 is 0. The molecule has 1 saturated heterocycles. The summed E-state index contributed by atoms with van der Waals surface area (Å²) in [7, 11) is 1.81. The summed E-state index contributed by atoms with van der Waals surface area (Å²) < 4.78 is 20.5. The number of aromatic nitrogens is 3. The maximum Gasteiger partial charge on any atom is 0.324 e. The van der Waals surface area contributed by atoms with Gasteiger partial charge >= 0.3 is 6.01 Å². The Morgan fingerprint density at radius 1 is 1.22 bits per heavy atom. The number of anilines is 2. The van der Waals surface area contributed by atoms with Crippen molar-refractivity contribution in [2.75, 3.05) is 30.4 Å². The van der Waals surface area contributed by atoms with E-state index in [1.807, 2.05) is 13.0 Å². The minimum absolute atomic E-state index is 0.111. The number of rotatable bonds is 4. The van der Waals surface area contributed by atoms with Crippen molar-refractivity contribution < 1.29 is 9.13 Å². The number of nitrogens with zero attached hydrogens (tertiary/aromatic N) is 4. The molecule has 3 N–H and O–H groups in total. The molecule has 1 aromatic carbocycles. The van der Waals surface area contributed by atoms with E-state index < -0.39 is 0 Å². The third-order valence-electron chi connectivity index (χ3n) is 7.00.